The van der Waals surface area contributed by atoms with E-state index in [1.54, 1.807) is 6.07 Å². The number of ether oxygens (including phenoxy) is 1. The van der Waals surface area contributed by atoms with Crippen LogP contribution in [0.3, 0.4) is 0 Å². The molecule has 0 aliphatic carbocycles. The second kappa shape index (κ2) is 3.83. The third-order valence-corrected chi connectivity index (χ3v) is 1.51. The zero-order valence-electron chi connectivity index (χ0n) is 6.99. The van der Waals surface area contributed by atoms with Gasteiger partial charge in [-0.05, 0) is 6.07 Å². The Morgan fingerprint density at radius 2 is 2.46 bits per heavy atom. The molecule has 0 spiro atoms. The van der Waals surface area contributed by atoms with Crippen LogP contribution in [0, 0.1) is 17.1 Å². The second-order valence-corrected chi connectivity index (χ2v) is 2.36. The molecule has 13 heavy (non-hydrogen) atoms. The van der Waals surface area contributed by atoms with Crippen molar-refractivity contribution in [2.45, 2.75) is 6.04 Å². The first kappa shape index (κ1) is 9.42. The molecule has 1 unspecified atom stereocenters. The molecule has 0 saturated heterocycles. The van der Waals surface area contributed by atoms with Gasteiger partial charge in [-0.3, -0.25) is 0 Å². The molecule has 0 aliphatic rings. The summed E-state index contributed by atoms with van der Waals surface area (Å²) in [5.41, 5.74) is 5.65. The van der Waals surface area contributed by atoms with Crippen molar-refractivity contribution < 1.29 is 9.13 Å². The molecule has 1 aromatic heterocycles. The van der Waals surface area contributed by atoms with E-state index in [2.05, 4.69) is 4.98 Å². The minimum Gasteiger partial charge on any atom is -0.481 e. The first-order valence-electron chi connectivity index (χ1n) is 3.53. The smallest absolute Gasteiger partial charge is 0.219 e. The van der Waals surface area contributed by atoms with Crippen molar-refractivity contribution in [2.24, 2.45) is 5.73 Å². The Balaban J connectivity index is 3.17. The summed E-state index contributed by atoms with van der Waals surface area (Å²) >= 11 is 0. The minimum absolute atomic E-state index is 0.176. The number of nitrogens with two attached hydrogens (primary N) is 1. The van der Waals surface area contributed by atoms with Crippen molar-refractivity contribution in [3.63, 3.8) is 0 Å². The lowest BCUT2D eigenvalue weighted by atomic mass is 10.1. The Kier molecular flexibility index (Phi) is 2.77. The lowest BCUT2D eigenvalue weighted by Gasteiger charge is -2.07. The molecule has 2 N–H and O–H groups in total. The van der Waals surface area contributed by atoms with Gasteiger partial charge in [-0.15, -0.1) is 0 Å². The maximum Gasteiger partial charge on any atom is 0.219 e. The molecular weight excluding hydrogens is 173 g/mol. The Hall–Kier alpha value is -1.67. The summed E-state index contributed by atoms with van der Waals surface area (Å²) in [4.78, 5) is 3.64. The molecule has 1 atom stereocenters. The number of nitriles is 1. The third-order valence-electron chi connectivity index (χ3n) is 1.51. The van der Waals surface area contributed by atoms with Crippen LogP contribution in [0.25, 0.3) is 0 Å². The van der Waals surface area contributed by atoms with Crippen molar-refractivity contribution in [3.05, 3.63) is 23.6 Å². The molecule has 1 aromatic rings. The van der Waals surface area contributed by atoms with Crippen molar-refractivity contribution >= 4 is 0 Å². The summed E-state index contributed by atoms with van der Waals surface area (Å²) in [5, 5.41) is 8.52. The highest BCUT2D eigenvalue weighted by Gasteiger charge is 2.13. The van der Waals surface area contributed by atoms with Crippen LogP contribution in [-0.2, 0) is 0 Å². The van der Waals surface area contributed by atoms with Gasteiger partial charge in [-0.1, -0.05) is 0 Å². The first-order valence-corrected chi connectivity index (χ1v) is 3.53. The van der Waals surface area contributed by atoms with Gasteiger partial charge in [0.25, 0.3) is 0 Å². The van der Waals surface area contributed by atoms with E-state index < -0.39 is 11.9 Å². The Morgan fingerprint density at radius 1 is 1.77 bits per heavy atom. The van der Waals surface area contributed by atoms with E-state index in [1.807, 2.05) is 0 Å². The summed E-state index contributed by atoms with van der Waals surface area (Å²) in [6.45, 7) is 0. The van der Waals surface area contributed by atoms with Crippen LogP contribution in [-0.4, -0.2) is 12.1 Å². The molecule has 1 rings (SSSR count). The van der Waals surface area contributed by atoms with E-state index in [0.29, 0.717) is 0 Å². The molecule has 0 fully saturated rings. The first-order chi connectivity index (χ1) is 6.19. The van der Waals surface area contributed by atoms with Gasteiger partial charge in [0.2, 0.25) is 5.88 Å². The normalized spacial score (nSPS) is 11.8. The van der Waals surface area contributed by atoms with Crippen LogP contribution >= 0.6 is 0 Å². The predicted molar refractivity (Wildman–Crippen MR) is 43.3 cm³/mol. The highest BCUT2D eigenvalue weighted by atomic mass is 19.1. The van der Waals surface area contributed by atoms with E-state index >= 15 is 0 Å². The van der Waals surface area contributed by atoms with Crippen LogP contribution < -0.4 is 10.5 Å². The zero-order valence-corrected chi connectivity index (χ0v) is 6.99. The number of hydrogen-bond donors (Lipinski definition) is 1. The van der Waals surface area contributed by atoms with Gasteiger partial charge in [0.1, 0.15) is 11.9 Å². The Morgan fingerprint density at radius 3 is 3.00 bits per heavy atom. The van der Waals surface area contributed by atoms with Crippen molar-refractivity contribution in [2.75, 3.05) is 7.11 Å². The molecule has 0 saturated carbocycles. The Bertz CT molecular complexity index is 348. The topological polar surface area (TPSA) is 71.9 Å². The molecule has 0 radical (unpaired) electrons. The van der Waals surface area contributed by atoms with E-state index in [9.17, 15) is 4.39 Å². The van der Waals surface area contributed by atoms with Gasteiger partial charge in [0.15, 0.2) is 0 Å². The lowest BCUT2D eigenvalue weighted by Crippen LogP contribution is -2.10. The summed E-state index contributed by atoms with van der Waals surface area (Å²) in [5.74, 6) is -0.364. The van der Waals surface area contributed by atoms with Crippen LogP contribution in [0.1, 0.15) is 11.6 Å². The fourth-order valence-electron chi connectivity index (χ4n) is 0.905. The maximum absolute atomic E-state index is 12.7. The Labute approximate surface area is 74.8 Å². The average molecular weight is 181 g/mol. The average Bonchev–Trinajstić information content (AvgIpc) is 2.16. The fraction of sp³-hybridized carbons (Fsp3) is 0.250. The van der Waals surface area contributed by atoms with Crippen molar-refractivity contribution in [1.82, 2.24) is 4.98 Å². The van der Waals surface area contributed by atoms with Crippen molar-refractivity contribution in [1.29, 1.82) is 5.26 Å². The molecule has 0 aliphatic heterocycles. The summed E-state index contributed by atoms with van der Waals surface area (Å²) < 4.78 is 17.5. The summed E-state index contributed by atoms with van der Waals surface area (Å²) in [7, 11) is 1.38. The van der Waals surface area contributed by atoms with Gasteiger partial charge in [0, 0.05) is 5.56 Å². The van der Waals surface area contributed by atoms with Gasteiger partial charge in [-0.25, -0.2) is 9.37 Å². The maximum atomic E-state index is 12.7. The van der Waals surface area contributed by atoms with E-state index in [4.69, 9.17) is 15.7 Å². The molecule has 0 amide bonds. The number of aromatic nitrogens is 1. The van der Waals surface area contributed by atoms with Crippen molar-refractivity contribution in [3.8, 4) is 11.9 Å². The van der Waals surface area contributed by atoms with E-state index in [1.165, 1.54) is 7.11 Å². The highest BCUT2D eigenvalue weighted by Crippen LogP contribution is 2.20. The lowest BCUT2D eigenvalue weighted by molar-refractivity contribution is 0.389. The number of rotatable bonds is 2. The quantitative estimate of drug-likeness (QED) is 0.730. The second-order valence-electron chi connectivity index (χ2n) is 2.36. The molecule has 4 nitrogen and oxygen atoms in total. The zero-order chi connectivity index (χ0) is 9.84. The number of nitrogens with zero attached hydrogens (tertiary/aromatic N) is 2. The highest BCUT2D eigenvalue weighted by molar-refractivity contribution is 5.32. The van der Waals surface area contributed by atoms with E-state index in [-0.39, 0.29) is 11.4 Å². The predicted octanol–water partition coefficient (Wildman–Crippen LogP) is 0.753. The summed E-state index contributed by atoms with van der Waals surface area (Å²) in [6, 6.07) is 1.99. The largest absolute Gasteiger partial charge is 0.481 e. The number of hydrogen-bond acceptors (Lipinski definition) is 4. The summed E-state index contributed by atoms with van der Waals surface area (Å²) in [6.07, 6.45) is 1.01. The van der Waals surface area contributed by atoms with Crippen LogP contribution in [0.2, 0.25) is 0 Å². The molecule has 0 bridgehead atoms. The molecule has 5 heteroatoms. The fourth-order valence-corrected chi connectivity index (χ4v) is 0.905. The van der Waals surface area contributed by atoms with Crippen LogP contribution in [0.15, 0.2) is 12.3 Å². The molecule has 68 valence electrons. The van der Waals surface area contributed by atoms with Gasteiger partial charge in [0.05, 0.1) is 19.4 Å². The van der Waals surface area contributed by atoms with Crippen LogP contribution in [0.5, 0.6) is 5.88 Å². The number of halogens is 1. The van der Waals surface area contributed by atoms with Gasteiger partial charge >= 0.3 is 0 Å². The SMILES string of the molecule is COc1ncc(F)cc1C(N)C#N. The van der Waals surface area contributed by atoms with Gasteiger partial charge < -0.3 is 10.5 Å². The number of pyridine rings is 1. The minimum atomic E-state index is -0.918. The monoisotopic (exact) mass is 181 g/mol. The van der Waals surface area contributed by atoms with Crippen LogP contribution in [0.4, 0.5) is 4.39 Å². The number of methoxy groups -OCH3 is 1. The molecular formula is C8H8FN3O. The molecule has 1 heterocycles. The van der Waals surface area contributed by atoms with Gasteiger partial charge in [-0.2, -0.15) is 5.26 Å². The van der Waals surface area contributed by atoms with E-state index in [0.717, 1.165) is 12.3 Å². The standard InChI is InChI=1S/C8H8FN3O/c1-13-8-6(7(11)3-10)2-5(9)4-12-8/h2,4,7H,11H2,1H3. The molecule has 0 aromatic carbocycles. The third kappa shape index (κ3) is 1.92.